The van der Waals surface area contributed by atoms with Gasteiger partial charge in [0.05, 0.1) is 12.4 Å². The van der Waals surface area contributed by atoms with Crippen LogP contribution in [0.2, 0.25) is 0 Å². The average Bonchev–Trinajstić information content (AvgIpc) is 3.05. The minimum Gasteiger partial charge on any atom is -0.313 e. The second-order valence-electron chi connectivity index (χ2n) is 4.79. The molecule has 0 aromatic carbocycles. The van der Waals surface area contributed by atoms with Crippen molar-refractivity contribution in [3.05, 3.63) is 29.7 Å². The summed E-state index contributed by atoms with van der Waals surface area (Å²) in [4.78, 5) is 0. The van der Waals surface area contributed by atoms with Crippen molar-refractivity contribution in [3.63, 3.8) is 0 Å². The van der Waals surface area contributed by atoms with Crippen LogP contribution in [0.15, 0.2) is 23.6 Å². The number of H-pyrrole nitrogens is 1. The van der Waals surface area contributed by atoms with Gasteiger partial charge < -0.3 is 5.32 Å². The molecule has 0 aliphatic rings. The zero-order valence-electron chi connectivity index (χ0n) is 12.4. The molecule has 0 saturated heterocycles. The predicted octanol–water partition coefficient (Wildman–Crippen LogP) is 0.0734. The van der Waals surface area contributed by atoms with Crippen molar-refractivity contribution in [1.29, 1.82) is 0 Å². The SMILES string of the molecule is CCNCc1cn[nH]c1S(=O)(=O)N(C)Cc1cnn(C)c1. The van der Waals surface area contributed by atoms with Crippen LogP contribution in [-0.4, -0.2) is 46.3 Å². The van der Waals surface area contributed by atoms with Gasteiger partial charge in [-0.15, -0.1) is 0 Å². The van der Waals surface area contributed by atoms with E-state index in [4.69, 9.17) is 0 Å². The lowest BCUT2D eigenvalue weighted by Gasteiger charge is -2.16. The maximum Gasteiger partial charge on any atom is 0.260 e. The number of nitrogens with one attached hydrogen (secondary N) is 2. The highest BCUT2D eigenvalue weighted by Crippen LogP contribution is 2.18. The Balaban J connectivity index is 2.19. The van der Waals surface area contributed by atoms with Crippen molar-refractivity contribution in [1.82, 2.24) is 29.6 Å². The second kappa shape index (κ2) is 6.37. The zero-order chi connectivity index (χ0) is 15.5. The van der Waals surface area contributed by atoms with Gasteiger partial charge >= 0.3 is 0 Å². The van der Waals surface area contributed by atoms with Crippen LogP contribution < -0.4 is 5.32 Å². The fourth-order valence-electron chi connectivity index (χ4n) is 1.96. The van der Waals surface area contributed by atoms with E-state index in [-0.39, 0.29) is 11.6 Å². The van der Waals surface area contributed by atoms with Crippen LogP contribution in [0.3, 0.4) is 0 Å². The summed E-state index contributed by atoms with van der Waals surface area (Å²) in [6.07, 6.45) is 4.98. The summed E-state index contributed by atoms with van der Waals surface area (Å²) >= 11 is 0. The maximum absolute atomic E-state index is 12.6. The van der Waals surface area contributed by atoms with Crippen LogP contribution in [0.1, 0.15) is 18.1 Å². The molecule has 0 spiro atoms. The van der Waals surface area contributed by atoms with Gasteiger partial charge in [-0.3, -0.25) is 9.78 Å². The van der Waals surface area contributed by atoms with E-state index < -0.39 is 10.0 Å². The summed E-state index contributed by atoms with van der Waals surface area (Å²) in [5.41, 5.74) is 1.46. The lowest BCUT2D eigenvalue weighted by Crippen LogP contribution is -2.28. The summed E-state index contributed by atoms with van der Waals surface area (Å²) < 4.78 is 28.1. The Bertz CT molecular complexity index is 690. The van der Waals surface area contributed by atoms with E-state index in [1.165, 1.54) is 10.5 Å². The highest BCUT2D eigenvalue weighted by atomic mass is 32.2. The topological polar surface area (TPSA) is 95.9 Å². The van der Waals surface area contributed by atoms with Gasteiger partial charge in [0.15, 0.2) is 5.03 Å². The fraction of sp³-hybridized carbons (Fsp3) is 0.500. The van der Waals surface area contributed by atoms with Crippen molar-refractivity contribution in [2.24, 2.45) is 7.05 Å². The molecule has 116 valence electrons. The van der Waals surface area contributed by atoms with E-state index in [1.54, 1.807) is 31.2 Å². The van der Waals surface area contributed by atoms with Gasteiger partial charge in [0.25, 0.3) is 10.0 Å². The molecule has 9 heteroatoms. The maximum atomic E-state index is 12.6. The van der Waals surface area contributed by atoms with Gasteiger partial charge in [-0.05, 0) is 6.54 Å². The predicted molar refractivity (Wildman–Crippen MR) is 77.8 cm³/mol. The van der Waals surface area contributed by atoms with Crippen LogP contribution in [0.4, 0.5) is 0 Å². The summed E-state index contributed by atoms with van der Waals surface area (Å²) in [6.45, 7) is 3.44. The minimum absolute atomic E-state index is 0.134. The number of nitrogens with zero attached hydrogens (tertiary/aromatic N) is 4. The Morgan fingerprint density at radius 1 is 1.43 bits per heavy atom. The summed E-state index contributed by atoms with van der Waals surface area (Å²) in [7, 11) is -0.272. The molecule has 2 rings (SSSR count). The van der Waals surface area contributed by atoms with Crippen LogP contribution in [0, 0.1) is 0 Å². The number of hydrogen-bond donors (Lipinski definition) is 2. The third-order valence-corrected chi connectivity index (χ3v) is 4.89. The molecule has 0 atom stereocenters. The van der Waals surface area contributed by atoms with E-state index in [9.17, 15) is 8.42 Å². The van der Waals surface area contributed by atoms with Gasteiger partial charge in [0, 0.05) is 44.5 Å². The number of sulfonamides is 1. The monoisotopic (exact) mass is 312 g/mol. The first-order chi connectivity index (χ1) is 9.95. The summed E-state index contributed by atoms with van der Waals surface area (Å²) in [5, 5.41) is 13.7. The van der Waals surface area contributed by atoms with Crippen LogP contribution in [-0.2, 0) is 30.2 Å². The minimum atomic E-state index is -3.61. The number of aromatic nitrogens is 4. The van der Waals surface area contributed by atoms with Gasteiger partial charge in [0.2, 0.25) is 0 Å². The molecular formula is C12H20N6O2S. The van der Waals surface area contributed by atoms with Crippen molar-refractivity contribution in [2.75, 3.05) is 13.6 Å². The quantitative estimate of drug-likeness (QED) is 0.754. The summed E-state index contributed by atoms with van der Waals surface area (Å²) in [6, 6.07) is 0. The molecule has 2 aromatic heterocycles. The third kappa shape index (κ3) is 3.49. The second-order valence-corrected chi connectivity index (χ2v) is 6.77. The third-order valence-electron chi connectivity index (χ3n) is 3.08. The van der Waals surface area contributed by atoms with Crippen LogP contribution in [0.25, 0.3) is 0 Å². The van der Waals surface area contributed by atoms with Gasteiger partial charge in [-0.1, -0.05) is 6.92 Å². The standard InChI is InChI=1S/C12H20N6O2S/c1-4-13-6-11-7-14-16-12(11)21(19,20)18(3)9-10-5-15-17(2)8-10/h5,7-8,13H,4,6,9H2,1-3H3,(H,14,16). The molecule has 0 saturated carbocycles. The molecule has 21 heavy (non-hydrogen) atoms. The fourth-order valence-corrected chi connectivity index (χ4v) is 3.21. The molecule has 0 aliphatic heterocycles. The molecule has 0 bridgehead atoms. The summed E-state index contributed by atoms with van der Waals surface area (Å²) in [5.74, 6) is 0. The van der Waals surface area contributed by atoms with E-state index in [1.807, 2.05) is 6.92 Å². The average molecular weight is 312 g/mol. The van der Waals surface area contributed by atoms with Crippen LogP contribution in [0.5, 0.6) is 0 Å². The molecule has 2 heterocycles. The highest BCUT2D eigenvalue weighted by molar-refractivity contribution is 7.89. The lowest BCUT2D eigenvalue weighted by molar-refractivity contribution is 0.462. The first kappa shape index (κ1) is 15.7. The molecule has 0 radical (unpaired) electrons. The first-order valence-electron chi connectivity index (χ1n) is 6.62. The number of rotatable bonds is 7. The van der Waals surface area contributed by atoms with Crippen molar-refractivity contribution < 1.29 is 8.42 Å². The first-order valence-corrected chi connectivity index (χ1v) is 8.06. The van der Waals surface area contributed by atoms with E-state index in [0.717, 1.165) is 12.1 Å². The normalized spacial score (nSPS) is 12.2. The zero-order valence-corrected chi connectivity index (χ0v) is 13.2. The lowest BCUT2D eigenvalue weighted by atomic mass is 10.3. The Labute approximate surface area is 124 Å². The molecular weight excluding hydrogens is 292 g/mol. The molecule has 0 unspecified atom stereocenters. The van der Waals surface area contributed by atoms with Gasteiger partial charge in [-0.2, -0.15) is 14.5 Å². The molecule has 8 nitrogen and oxygen atoms in total. The Kier molecular flexibility index (Phi) is 4.76. The van der Waals surface area contributed by atoms with Crippen LogP contribution >= 0.6 is 0 Å². The van der Waals surface area contributed by atoms with E-state index >= 15 is 0 Å². The van der Waals surface area contributed by atoms with Crippen molar-refractivity contribution in [3.8, 4) is 0 Å². The number of hydrogen-bond acceptors (Lipinski definition) is 5. The van der Waals surface area contributed by atoms with Gasteiger partial charge in [-0.25, -0.2) is 8.42 Å². The number of aromatic amines is 1. The highest BCUT2D eigenvalue weighted by Gasteiger charge is 2.26. The van der Waals surface area contributed by atoms with E-state index in [2.05, 4.69) is 20.6 Å². The smallest absolute Gasteiger partial charge is 0.260 e. The molecule has 2 N–H and O–H groups in total. The molecule has 0 amide bonds. The Morgan fingerprint density at radius 2 is 2.19 bits per heavy atom. The number of aryl methyl sites for hydroxylation is 1. The van der Waals surface area contributed by atoms with Crippen molar-refractivity contribution >= 4 is 10.0 Å². The molecule has 0 aliphatic carbocycles. The van der Waals surface area contributed by atoms with Crippen molar-refractivity contribution in [2.45, 2.75) is 25.0 Å². The van der Waals surface area contributed by atoms with E-state index in [0.29, 0.717) is 12.1 Å². The Hall–Kier alpha value is -1.71. The largest absolute Gasteiger partial charge is 0.313 e. The Morgan fingerprint density at radius 3 is 2.81 bits per heavy atom. The molecule has 2 aromatic rings. The van der Waals surface area contributed by atoms with Gasteiger partial charge in [0.1, 0.15) is 0 Å². The molecule has 0 fully saturated rings.